The molecule has 4 nitrogen and oxygen atoms in total. The minimum Gasteiger partial charge on any atom is -0.456 e. The number of hydrogen-bond donors (Lipinski definition) is 1. The van der Waals surface area contributed by atoms with Crippen LogP contribution in [0.1, 0.15) is 22.9 Å². The predicted octanol–water partition coefficient (Wildman–Crippen LogP) is 10.1. The standard InChI is InChI=1S/C41H27N3O/c1-2-11-28(12-3-1)39-42-40(33-20-18-27-10-5-7-14-30(27)24-33)44-41(43-39)35-15-8-16-36-38(35)34-22-21-32(25-37(34)45-36)31-19-17-26-9-4-6-13-29(26)23-31/h1-25,39H,(H,42,43,44). The van der Waals surface area contributed by atoms with Crippen molar-refractivity contribution < 1.29 is 4.42 Å². The van der Waals surface area contributed by atoms with Crippen molar-refractivity contribution in [1.29, 1.82) is 0 Å². The molecule has 212 valence electrons. The molecule has 0 spiro atoms. The second-order valence-corrected chi connectivity index (χ2v) is 11.5. The van der Waals surface area contributed by atoms with Crippen LogP contribution in [0, 0.1) is 0 Å². The average Bonchev–Trinajstić information content (AvgIpc) is 3.49. The molecule has 7 aromatic carbocycles. The molecule has 0 saturated carbocycles. The van der Waals surface area contributed by atoms with Gasteiger partial charge in [-0.2, -0.15) is 0 Å². The highest BCUT2D eigenvalue weighted by Crippen LogP contribution is 2.36. The summed E-state index contributed by atoms with van der Waals surface area (Å²) in [6.07, 6.45) is -0.284. The van der Waals surface area contributed by atoms with Gasteiger partial charge in [0.1, 0.15) is 23.2 Å². The second kappa shape index (κ2) is 10.3. The van der Waals surface area contributed by atoms with E-state index in [1.165, 1.54) is 16.2 Å². The molecule has 0 saturated heterocycles. The van der Waals surface area contributed by atoms with E-state index in [9.17, 15) is 0 Å². The van der Waals surface area contributed by atoms with Crippen molar-refractivity contribution >= 4 is 55.2 Å². The summed E-state index contributed by atoms with van der Waals surface area (Å²) in [4.78, 5) is 10.2. The zero-order valence-electron chi connectivity index (χ0n) is 24.3. The molecule has 9 rings (SSSR count). The Morgan fingerprint density at radius 3 is 1.93 bits per heavy atom. The smallest absolute Gasteiger partial charge is 0.159 e. The summed E-state index contributed by atoms with van der Waals surface area (Å²) in [6, 6.07) is 52.9. The molecular formula is C41H27N3O. The minimum absolute atomic E-state index is 0.284. The largest absolute Gasteiger partial charge is 0.456 e. The Kier molecular flexibility index (Phi) is 5.85. The maximum atomic E-state index is 6.49. The Bertz CT molecular complexity index is 2470. The van der Waals surface area contributed by atoms with Crippen molar-refractivity contribution in [2.24, 2.45) is 9.98 Å². The fourth-order valence-electron chi connectivity index (χ4n) is 6.42. The van der Waals surface area contributed by atoms with Crippen molar-refractivity contribution in [1.82, 2.24) is 5.32 Å². The fourth-order valence-corrected chi connectivity index (χ4v) is 6.42. The van der Waals surface area contributed by atoms with Gasteiger partial charge in [-0.25, -0.2) is 9.98 Å². The van der Waals surface area contributed by atoms with E-state index < -0.39 is 0 Å². The number of benzene rings is 7. The van der Waals surface area contributed by atoms with Gasteiger partial charge >= 0.3 is 0 Å². The lowest BCUT2D eigenvalue weighted by molar-refractivity contribution is 0.668. The molecule has 1 unspecified atom stereocenters. The molecule has 1 aliphatic rings. The molecule has 0 amide bonds. The molecule has 45 heavy (non-hydrogen) atoms. The highest BCUT2D eigenvalue weighted by atomic mass is 16.3. The third kappa shape index (κ3) is 4.47. The Morgan fingerprint density at radius 1 is 0.511 bits per heavy atom. The summed E-state index contributed by atoms with van der Waals surface area (Å²) >= 11 is 0. The van der Waals surface area contributed by atoms with Gasteiger partial charge in [0, 0.05) is 21.9 Å². The number of nitrogens with one attached hydrogen (secondary N) is 1. The van der Waals surface area contributed by atoms with E-state index in [1.807, 2.05) is 30.3 Å². The molecule has 1 N–H and O–H groups in total. The summed E-state index contributed by atoms with van der Waals surface area (Å²) in [5.74, 6) is 1.47. The maximum Gasteiger partial charge on any atom is 0.159 e. The molecule has 1 aliphatic heterocycles. The van der Waals surface area contributed by atoms with Gasteiger partial charge in [0.2, 0.25) is 0 Å². The van der Waals surface area contributed by atoms with E-state index in [2.05, 4.69) is 127 Å². The number of furan rings is 1. The molecule has 1 atom stereocenters. The zero-order chi connectivity index (χ0) is 29.7. The third-order valence-electron chi connectivity index (χ3n) is 8.70. The Hall–Kier alpha value is -6.00. The highest BCUT2D eigenvalue weighted by molar-refractivity contribution is 6.22. The first kappa shape index (κ1) is 25.5. The summed E-state index contributed by atoms with van der Waals surface area (Å²) in [7, 11) is 0. The van der Waals surface area contributed by atoms with Crippen molar-refractivity contribution in [3.05, 3.63) is 168 Å². The number of amidine groups is 2. The van der Waals surface area contributed by atoms with Gasteiger partial charge in [-0.3, -0.25) is 0 Å². The monoisotopic (exact) mass is 577 g/mol. The van der Waals surface area contributed by atoms with Crippen molar-refractivity contribution in [3.8, 4) is 11.1 Å². The van der Waals surface area contributed by atoms with Crippen molar-refractivity contribution in [3.63, 3.8) is 0 Å². The lowest BCUT2D eigenvalue weighted by Gasteiger charge is -2.24. The van der Waals surface area contributed by atoms with Crippen molar-refractivity contribution in [2.45, 2.75) is 6.17 Å². The molecule has 1 aromatic heterocycles. The van der Waals surface area contributed by atoms with E-state index in [-0.39, 0.29) is 6.17 Å². The summed E-state index contributed by atoms with van der Waals surface area (Å²) in [5, 5.41) is 10.5. The normalized spacial score (nSPS) is 14.9. The Morgan fingerprint density at radius 2 is 1.16 bits per heavy atom. The number of aliphatic imine (C=N–C) groups is 2. The molecule has 8 aromatic rings. The lowest BCUT2D eigenvalue weighted by Crippen LogP contribution is -2.33. The van der Waals surface area contributed by atoms with Crippen LogP contribution in [-0.2, 0) is 0 Å². The molecule has 4 heteroatoms. The van der Waals surface area contributed by atoms with Crippen LogP contribution in [0.3, 0.4) is 0 Å². The molecular weight excluding hydrogens is 550 g/mol. The van der Waals surface area contributed by atoms with E-state index in [1.54, 1.807) is 0 Å². The fraction of sp³-hybridized carbons (Fsp3) is 0.0244. The average molecular weight is 578 g/mol. The van der Waals surface area contributed by atoms with Crippen LogP contribution >= 0.6 is 0 Å². The van der Waals surface area contributed by atoms with Crippen LogP contribution in [0.2, 0.25) is 0 Å². The van der Waals surface area contributed by atoms with Gasteiger partial charge in [0.15, 0.2) is 5.84 Å². The van der Waals surface area contributed by atoms with Crippen LogP contribution in [0.4, 0.5) is 0 Å². The summed E-state index contributed by atoms with van der Waals surface area (Å²) in [5.41, 5.74) is 7.01. The van der Waals surface area contributed by atoms with Crippen LogP contribution in [-0.4, -0.2) is 11.7 Å². The quantitative estimate of drug-likeness (QED) is 0.226. The van der Waals surface area contributed by atoms with Gasteiger partial charge in [-0.1, -0.05) is 121 Å². The number of nitrogens with zero attached hydrogens (tertiary/aromatic N) is 2. The Labute approximate surface area is 260 Å². The maximum absolute atomic E-state index is 6.49. The van der Waals surface area contributed by atoms with Crippen molar-refractivity contribution in [2.75, 3.05) is 0 Å². The number of fused-ring (bicyclic) bond motifs is 5. The van der Waals surface area contributed by atoms with Crippen LogP contribution in [0.5, 0.6) is 0 Å². The highest BCUT2D eigenvalue weighted by Gasteiger charge is 2.24. The Balaban J connectivity index is 1.18. The van der Waals surface area contributed by atoms with Gasteiger partial charge in [-0.05, 0) is 68.6 Å². The van der Waals surface area contributed by atoms with Gasteiger partial charge in [0.25, 0.3) is 0 Å². The van der Waals surface area contributed by atoms with Gasteiger partial charge in [-0.15, -0.1) is 0 Å². The van der Waals surface area contributed by atoms with E-state index >= 15 is 0 Å². The number of rotatable bonds is 4. The van der Waals surface area contributed by atoms with E-state index in [4.69, 9.17) is 14.4 Å². The van der Waals surface area contributed by atoms with E-state index in [0.29, 0.717) is 5.84 Å². The van der Waals surface area contributed by atoms with Gasteiger partial charge < -0.3 is 9.73 Å². The zero-order valence-corrected chi connectivity index (χ0v) is 24.3. The van der Waals surface area contributed by atoms with Crippen LogP contribution in [0.15, 0.2) is 166 Å². The lowest BCUT2D eigenvalue weighted by atomic mass is 9.99. The first-order chi connectivity index (χ1) is 22.3. The SMILES string of the molecule is c1ccc(C2N=C(c3ccc4ccccc4c3)N=C(c3cccc4oc5cc(-c6ccc7ccccc7c6)ccc5c34)N2)cc1. The topological polar surface area (TPSA) is 49.9 Å². The first-order valence-electron chi connectivity index (χ1n) is 15.2. The molecule has 0 radical (unpaired) electrons. The van der Waals surface area contributed by atoms with Crippen LogP contribution < -0.4 is 5.32 Å². The number of hydrogen-bond acceptors (Lipinski definition) is 4. The van der Waals surface area contributed by atoms with E-state index in [0.717, 1.165) is 61.0 Å². The second-order valence-electron chi connectivity index (χ2n) is 11.5. The van der Waals surface area contributed by atoms with Crippen LogP contribution in [0.25, 0.3) is 54.6 Å². The molecule has 2 heterocycles. The molecule has 0 fully saturated rings. The summed E-state index contributed by atoms with van der Waals surface area (Å²) in [6.45, 7) is 0. The van der Waals surface area contributed by atoms with Gasteiger partial charge in [0.05, 0.1) is 0 Å². The predicted molar refractivity (Wildman–Crippen MR) is 186 cm³/mol. The first-order valence-corrected chi connectivity index (χ1v) is 15.2. The summed E-state index contributed by atoms with van der Waals surface area (Å²) < 4.78 is 6.49. The third-order valence-corrected chi connectivity index (χ3v) is 8.70. The minimum atomic E-state index is -0.284. The molecule has 0 aliphatic carbocycles. The molecule has 0 bridgehead atoms.